The molecule has 0 bridgehead atoms. The summed E-state index contributed by atoms with van der Waals surface area (Å²) in [7, 11) is 1.30. The normalized spacial score (nSPS) is 10.8. The van der Waals surface area contributed by atoms with Crippen molar-refractivity contribution in [3.8, 4) is 5.75 Å². The Kier molecular flexibility index (Phi) is 5.99. The predicted octanol–water partition coefficient (Wildman–Crippen LogP) is 4.86. The largest absolute Gasteiger partial charge is 0.492 e. The SMILES string of the molecule is COC(=O)c1ccc(NC(=O)c2cc(OCCc3ccsc3)c3cc(C)oc3c2)nc1. The van der Waals surface area contributed by atoms with Crippen molar-refractivity contribution in [1.82, 2.24) is 4.98 Å². The minimum atomic E-state index is -0.492. The molecule has 0 aliphatic heterocycles. The number of ether oxygens (including phenoxy) is 2. The average molecular weight is 436 g/mol. The van der Waals surface area contributed by atoms with Gasteiger partial charge in [0.05, 0.1) is 24.7 Å². The van der Waals surface area contributed by atoms with Crippen LogP contribution >= 0.6 is 11.3 Å². The topological polar surface area (TPSA) is 90.7 Å². The minimum Gasteiger partial charge on any atom is -0.492 e. The molecule has 158 valence electrons. The zero-order valence-electron chi connectivity index (χ0n) is 17.0. The molecule has 0 radical (unpaired) electrons. The molecule has 8 heteroatoms. The van der Waals surface area contributed by atoms with Crippen LogP contribution in [0.5, 0.6) is 5.75 Å². The van der Waals surface area contributed by atoms with E-state index in [2.05, 4.69) is 26.5 Å². The Bertz CT molecular complexity index is 1210. The number of fused-ring (bicyclic) bond motifs is 1. The summed E-state index contributed by atoms with van der Waals surface area (Å²) in [5.41, 5.74) is 2.46. The van der Waals surface area contributed by atoms with Crippen molar-refractivity contribution in [1.29, 1.82) is 0 Å². The number of furan rings is 1. The van der Waals surface area contributed by atoms with Crippen LogP contribution in [-0.4, -0.2) is 30.6 Å². The Balaban J connectivity index is 1.53. The molecule has 3 aromatic heterocycles. The van der Waals surface area contributed by atoms with Gasteiger partial charge in [0.2, 0.25) is 0 Å². The number of amides is 1. The van der Waals surface area contributed by atoms with Gasteiger partial charge in [-0.2, -0.15) is 11.3 Å². The van der Waals surface area contributed by atoms with Gasteiger partial charge in [-0.25, -0.2) is 9.78 Å². The van der Waals surface area contributed by atoms with Crippen LogP contribution < -0.4 is 10.1 Å². The molecule has 0 saturated heterocycles. The van der Waals surface area contributed by atoms with E-state index in [1.165, 1.54) is 31.0 Å². The van der Waals surface area contributed by atoms with Crippen molar-refractivity contribution in [2.75, 3.05) is 19.0 Å². The maximum absolute atomic E-state index is 12.8. The highest BCUT2D eigenvalue weighted by atomic mass is 32.1. The summed E-state index contributed by atoms with van der Waals surface area (Å²) >= 11 is 1.65. The molecule has 1 amide bonds. The van der Waals surface area contributed by atoms with E-state index in [4.69, 9.17) is 9.15 Å². The van der Waals surface area contributed by atoms with Crippen molar-refractivity contribution < 1.29 is 23.5 Å². The molecule has 0 saturated carbocycles. The second kappa shape index (κ2) is 9.01. The monoisotopic (exact) mass is 436 g/mol. The first kappa shape index (κ1) is 20.6. The van der Waals surface area contributed by atoms with Crippen LogP contribution in [0.1, 0.15) is 32.0 Å². The van der Waals surface area contributed by atoms with Crippen LogP contribution in [0, 0.1) is 6.92 Å². The minimum absolute atomic E-state index is 0.300. The Labute approximate surface area is 182 Å². The second-order valence-electron chi connectivity index (χ2n) is 6.85. The van der Waals surface area contributed by atoms with E-state index in [9.17, 15) is 9.59 Å². The van der Waals surface area contributed by atoms with Gasteiger partial charge in [-0.15, -0.1) is 0 Å². The Morgan fingerprint density at radius 2 is 2.03 bits per heavy atom. The van der Waals surface area contributed by atoms with Crippen molar-refractivity contribution in [2.24, 2.45) is 0 Å². The molecule has 0 aliphatic rings. The third kappa shape index (κ3) is 4.75. The number of pyridine rings is 1. The first-order chi connectivity index (χ1) is 15.0. The van der Waals surface area contributed by atoms with Crippen LogP contribution in [0.15, 0.2) is 57.8 Å². The molecule has 0 unspecified atom stereocenters. The van der Waals surface area contributed by atoms with Gasteiger partial charge in [0.15, 0.2) is 0 Å². The summed E-state index contributed by atoms with van der Waals surface area (Å²) in [4.78, 5) is 28.4. The quantitative estimate of drug-likeness (QED) is 0.416. The van der Waals surface area contributed by atoms with E-state index in [-0.39, 0.29) is 5.91 Å². The third-order valence-corrected chi connectivity index (χ3v) is 5.37. The molecule has 7 nitrogen and oxygen atoms in total. The van der Waals surface area contributed by atoms with Gasteiger partial charge in [0, 0.05) is 18.2 Å². The number of esters is 1. The Morgan fingerprint density at radius 3 is 2.74 bits per heavy atom. The number of aryl methyl sites for hydroxylation is 1. The molecular formula is C23H20N2O5S. The van der Waals surface area contributed by atoms with Gasteiger partial charge in [0.1, 0.15) is 22.9 Å². The number of nitrogens with zero attached hydrogens (tertiary/aromatic N) is 1. The van der Waals surface area contributed by atoms with E-state index in [1.807, 2.05) is 18.4 Å². The van der Waals surface area contributed by atoms with Crippen molar-refractivity contribution in [3.05, 3.63) is 75.8 Å². The van der Waals surface area contributed by atoms with Gasteiger partial charge in [-0.05, 0) is 59.6 Å². The lowest BCUT2D eigenvalue weighted by Crippen LogP contribution is -2.14. The smallest absolute Gasteiger partial charge is 0.339 e. The molecule has 1 aromatic carbocycles. The lowest BCUT2D eigenvalue weighted by molar-refractivity contribution is 0.0600. The number of benzene rings is 1. The van der Waals surface area contributed by atoms with Gasteiger partial charge in [-0.1, -0.05) is 0 Å². The molecule has 0 fully saturated rings. The summed E-state index contributed by atoms with van der Waals surface area (Å²) in [6.45, 7) is 2.33. The summed E-state index contributed by atoms with van der Waals surface area (Å²) in [5, 5.41) is 7.66. The van der Waals surface area contributed by atoms with E-state index >= 15 is 0 Å². The zero-order chi connectivity index (χ0) is 21.8. The fourth-order valence-electron chi connectivity index (χ4n) is 3.09. The van der Waals surface area contributed by atoms with Crippen molar-refractivity contribution >= 4 is 40.0 Å². The van der Waals surface area contributed by atoms with E-state index in [0.29, 0.717) is 34.9 Å². The number of nitrogens with one attached hydrogen (secondary N) is 1. The summed E-state index contributed by atoms with van der Waals surface area (Å²) in [6, 6.07) is 10.4. The molecule has 31 heavy (non-hydrogen) atoms. The summed E-state index contributed by atoms with van der Waals surface area (Å²) in [6.07, 6.45) is 2.12. The van der Waals surface area contributed by atoms with Crippen molar-refractivity contribution in [3.63, 3.8) is 0 Å². The molecule has 3 heterocycles. The molecule has 1 N–H and O–H groups in total. The third-order valence-electron chi connectivity index (χ3n) is 4.64. The van der Waals surface area contributed by atoms with Crippen LogP contribution in [0.3, 0.4) is 0 Å². The number of hydrogen-bond donors (Lipinski definition) is 1. The highest BCUT2D eigenvalue weighted by molar-refractivity contribution is 7.07. The lowest BCUT2D eigenvalue weighted by Gasteiger charge is -2.10. The first-order valence-corrected chi connectivity index (χ1v) is 10.5. The summed E-state index contributed by atoms with van der Waals surface area (Å²) in [5.74, 6) is 0.776. The van der Waals surface area contributed by atoms with E-state index in [0.717, 1.165) is 17.6 Å². The number of rotatable bonds is 7. The standard InChI is InChI=1S/C23H20N2O5S/c1-14-9-18-19(29-7-5-15-6-8-31-13-15)10-17(11-20(18)30-14)22(26)25-21-4-3-16(12-24-21)23(27)28-2/h3-4,6,8-13H,5,7H2,1-2H3,(H,24,25,26). The van der Waals surface area contributed by atoms with Crippen LogP contribution in [0.2, 0.25) is 0 Å². The van der Waals surface area contributed by atoms with Crippen molar-refractivity contribution in [2.45, 2.75) is 13.3 Å². The number of hydrogen-bond acceptors (Lipinski definition) is 7. The Hall–Kier alpha value is -3.65. The molecule has 4 aromatic rings. The van der Waals surface area contributed by atoms with Gasteiger partial charge in [0.25, 0.3) is 5.91 Å². The highest BCUT2D eigenvalue weighted by Gasteiger charge is 2.15. The second-order valence-corrected chi connectivity index (χ2v) is 7.63. The average Bonchev–Trinajstić information content (AvgIpc) is 3.42. The van der Waals surface area contributed by atoms with Crippen LogP contribution in [-0.2, 0) is 11.2 Å². The molecule has 0 aliphatic carbocycles. The number of methoxy groups -OCH3 is 1. The van der Waals surface area contributed by atoms with Crippen LogP contribution in [0.25, 0.3) is 11.0 Å². The van der Waals surface area contributed by atoms with Gasteiger partial charge in [-0.3, -0.25) is 4.79 Å². The van der Waals surface area contributed by atoms with Gasteiger partial charge < -0.3 is 19.2 Å². The zero-order valence-corrected chi connectivity index (χ0v) is 17.8. The first-order valence-electron chi connectivity index (χ1n) is 9.57. The number of carbonyl (C=O) groups is 2. The maximum Gasteiger partial charge on any atom is 0.339 e. The van der Waals surface area contributed by atoms with E-state index in [1.54, 1.807) is 23.5 Å². The fraction of sp³-hybridized carbons (Fsp3) is 0.174. The fourth-order valence-corrected chi connectivity index (χ4v) is 3.80. The number of carbonyl (C=O) groups excluding carboxylic acids is 2. The number of aromatic nitrogens is 1. The molecule has 0 atom stereocenters. The summed E-state index contributed by atoms with van der Waals surface area (Å²) < 4.78 is 16.4. The number of anilines is 1. The molecule has 0 spiro atoms. The van der Waals surface area contributed by atoms with Crippen LogP contribution in [0.4, 0.5) is 5.82 Å². The predicted molar refractivity (Wildman–Crippen MR) is 118 cm³/mol. The molecular weight excluding hydrogens is 416 g/mol. The highest BCUT2D eigenvalue weighted by Crippen LogP contribution is 2.31. The van der Waals surface area contributed by atoms with Gasteiger partial charge >= 0.3 is 5.97 Å². The molecule has 4 rings (SSSR count). The Morgan fingerprint density at radius 1 is 1.16 bits per heavy atom. The number of thiophene rings is 1. The van der Waals surface area contributed by atoms with E-state index < -0.39 is 5.97 Å². The lowest BCUT2D eigenvalue weighted by atomic mass is 10.1. The maximum atomic E-state index is 12.8.